The molecule has 0 saturated carbocycles. The van der Waals surface area contributed by atoms with E-state index in [4.69, 9.17) is 9.88 Å². The summed E-state index contributed by atoms with van der Waals surface area (Å²) < 4.78 is 52.7. The van der Waals surface area contributed by atoms with E-state index < -0.39 is 26.0 Å². The normalized spacial score (nSPS) is 20.0. The van der Waals surface area contributed by atoms with E-state index in [0.717, 1.165) is 0 Å². The van der Waals surface area contributed by atoms with E-state index in [1.54, 1.807) is 4.90 Å². The van der Waals surface area contributed by atoms with Crippen LogP contribution >= 0.6 is 0 Å². The van der Waals surface area contributed by atoms with E-state index in [1.165, 1.54) is 18.4 Å². The lowest BCUT2D eigenvalue weighted by molar-refractivity contribution is -0.138. The molecule has 9 nitrogen and oxygen atoms in total. The molecular formula is C11H15N3O6S2. The van der Waals surface area contributed by atoms with E-state index in [1.807, 2.05) is 0 Å². The molecule has 2 aliphatic heterocycles. The van der Waals surface area contributed by atoms with Gasteiger partial charge in [0.25, 0.3) is 10.0 Å². The van der Waals surface area contributed by atoms with Crippen molar-refractivity contribution in [2.24, 2.45) is 9.54 Å². The van der Waals surface area contributed by atoms with Crippen LogP contribution in [0.15, 0.2) is 28.3 Å². The average molecular weight is 349 g/mol. The maximum absolute atomic E-state index is 11.8. The number of hydrogen-bond donors (Lipinski definition) is 1. The summed E-state index contributed by atoms with van der Waals surface area (Å²) in [4.78, 5) is 13.4. The minimum atomic E-state index is -3.57. The van der Waals surface area contributed by atoms with Crippen LogP contribution in [0.5, 0.6) is 0 Å². The Bertz CT molecular complexity index is 764. The molecule has 0 aromatic carbocycles. The molecule has 0 spiro atoms. The topological polar surface area (TPSA) is 136 Å². The third-order valence-electron chi connectivity index (χ3n) is 2.87. The van der Waals surface area contributed by atoms with Crippen LogP contribution in [-0.4, -0.2) is 58.2 Å². The van der Waals surface area contributed by atoms with Gasteiger partial charge in [0.15, 0.2) is 0 Å². The molecule has 22 heavy (non-hydrogen) atoms. The zero-order valence-corrected chi connectivity index (χ0v) is 13.1. The van der Waals surface area contributed by atoms with Crippen molar-refractivity contribution in [1.82, 2.24) is 4.90 Å². The second kappa shape index (κ2) is 6.18. The van der Waals surface area contributed by atoms with Gasteiger partial charge in [0.05, 0.1) is 23.7 Å². The Morgan fingerprint density at radius 3 is 2.82 bits per heavy atom. The number of rotatable bonds is 5. The molecule has 0 aromatic rings. The van der Waals surface area contributed by atoms with Crippen molar-refractivity contribution in [1.29, 1.82) is 0 Å². The van der Waals surface area contributed by atoms with Gasteiger partial charge in [-0.05, 0) is 18.6 Å². The number of esters is 1. The number of primary sulfonamides is 1. The minimum absolute atomic E-state index is 0.0736. The number of nitrogens with zero attached hydrogens (tertiary/aromatic N) is 2. The van der Waals surface area contributed by atoms with Gasteiger partial charge < -0.3 is 9.64 Å². The van der Waals surface area contributed by atoms with Gasteiger partial charge in [-0.1, -0.05) is 0 Å². The van der Waals surface area contributed by atoms with E-state index >= 15 is 0 Å². The lowest BCUT2D eigenvalue weighted by Gasteiger charge is -2.26. The fourth-order valence-corrected chi connectivity index (χ4v) is 3.32. The number of fused-ring (bicyclic) bond motifs is 1. The maximum Gasteiger partial charge on any atom is 0.339 e. The molecule has 0 aromatic heterocycles. The zero-order chi connectivity index (χ0) is 16.4. The summed E-state index contributed by atoms with van der Waals surface area (Å²) in [6.07, 6.45) is 4.38. The lowest BCUT2D eigenvalue weighted by Crippen LogP contribution is -2.37. The van der Waals surface area contributed by atoms with Gasteiger partial charge in [-0.2, -0.15) is 0 Å². The number of hydrogen-bond acceptors (Lipinski definition) is 7. The summed E-state index contributed by atoms with van der Waals surface area (Å²) in [7, 11) is -7.02. The fourth-order valence-electron chi connectivity index (χ4n) is 1.83. The van der Waals surface area contributed by atoms with E-state index in [9.17, 15) is 21.6 Å². The van der Waals surface area contributed by atoms with Crippen molar-refractivity contribution in [3.05, 3.63) is 23.9 Å². The largest absolute Gasteiger partial charge is 0.462 e. The van der Waals surface area contributed by atoms with E-state index in [2.05, 4.69) is 4.40 Å². The molecule has 0 saturated heterocycles. The van der Waals surface area contributed by atoms with Crippen LogP contribution < -0.4 is 5.14 Å². The van der Waals surface area contributed by atoms with Crippen LogP contribution in [0.3, 0.4) is 0 Å². The van der Waals surface area contributed by atoms with Gasteiger partial charge in [0, 0.05) is 12.7 Å². The Balaban J connectivity index is 1.93. The number of carbonyl (C=O) groups excluding carboxylic acids is 1. The molecule has 0 amide bonds. The first-order valence-corrected chi connectivity index (χ1v) is 9.65. The number of ether oxygens (including phenoxy) is 1. The van der Waals surface area contributed by atoms with Crippen LogP contribution in [0.4, 0.5) is 0 Å². The van der Waals surface area contributed by atoms with Gasteiger partial charge in [-0.15, -0.1) is 4.40 Å². The highest BCUT2D eigenvalue weighted by Gasteiger charge is 2.25. The van der Waals surface area contributed by atoms with Gasteiger partial charge in [0.1, 0.15) is 5.84 Å². The maximum atomic E-state index is 11.8. The van der Waals surface area contributed by atoms with Gasteiger partial charge in [-0.25, -0.2) is 26.8 Å². The SMILES string of the molecule is NS(=O)(=O)CCCOC(=O)C1=CN2CCS(=O)(=O)N=C2C=C1. The summed E-state index contributed by atoms with van der Waals surface area (Å²) in [6.45, 7) is 0.128. The summed E-state index contributed by atoms with van der Waals surface area (Å²) >= 11 is 0. The van der Waals surface area contributed by atoms with E-state index in [-0.39, 0.29) is 42.5 Å². The molecule has 2 heterocycles. The van der Waals surface area contributed by atoms with Crippen LogP contribution in [0, 0.1) is 0 Å². The predicted molar refractivity (Wildman–Crippen MR) is 78.7 cm³/mol. The van der Waals surface area contributed by atoms with E-state index in [0.29, 0.717) is 0 Å². The zero-order valence-electron chi connectivity index (χ0n) is 11.5. The second-order valence-corrected chi connectivity index (χ2v) is 8.19. The molecule has 0 aliphatic carbocycles. The fraction of sp³-hybridized carbons (Fsp3) is 0.455. The monoisotopic (exact) mass is 349 g/mol. The Morgan fingerprint density at radius 1 is 1.41 bits per heavy atom. The molecule has 0 fully saturated rings. The quantitative estimate of drug-likeness (QED) is 0.481. The molecule has 122 valence electrons. The predicted octanol–water partition coefficient (Wildman–Crippen LogP) is -1.29. The summed E-state index contributed by atoms with van der Waals surface area (Å²) in [6, 6.07) is 0. The molecule has 0 atom stereocenters. The molecule has 11 heteroatoms. The highest BCUT2D eigenvalue weighted by atomic mass is 32.2. The van der Waals surface area contributed by atoms with Crippen molar-refractivity contribution in [3.63, 3.8) is 0 Å². The van der Waals surface area contributed by atoms with Crippen molar-refractivity contribution in [2.45, 2.75) is 6.42 Å². The number of carbonyl (C=O) groups is 1. The smallest absolute Gasteiger partial charge is 0.339 e. The number of nitrogens with two attached hydrogens (primary N) is 1. The summed E-state index contributed by atoms with van der Waals surface area (Å²) in [5.74, 6) is -0.775. The third kappa shape index (κ3) is 4.64. The molecular weight excluding hydrogens is 334 g/mol. The minimum Gasteiger partial charge on any atom is -0.462 e. The van der Waals surface area contributed by atoms with Crippen LogP contribution in [-0.2, 0) is 29.6 Å². The Labute approximate surface area is 128 Å². The first kappa shape index (κ1) is 16.6. The Morgan fingerprint density at radius 2 is 2.14 bits per heavy atom. The average Bonchev–Trinajstić information content (AvgIpc) is 2.41. The molecule has 0 radical (unpaired) electrons. The van der Waals surface area contributed by atoms with Crippen molar-refractivity contribution >= 4 is 31.9 Å². The second-order valence-electron chi connectivity index (χ2n) is 4.70. The molecule has 0 bridgehead atoms. The lowest BCUT2D eigenvalue weighted by atomic mass is 10.2. The number of amidine groups is 1. The molecule has 2 rings (SSSR count). The molecule has 2 aliphatic rings. The molecule has 0 unspecified atom stereocenters. The third-order valence-corrected chi connectivity index (χ3v) is 4.89. The summed E-state index contributed by atoms with van der Waals surface area (Å²) in [5, 5.41) is 4.83. The van der Waals surface area contributed by atoms with Crippen LogP contribution in [0.1, 0.15) is 6.42 Å². The van der Waals surface area contributed by atoms with Gasteiger partial charge >= 0.3 is 5.97 Å². The standard InChI is InChI=1S/C11H15N3O6S2/c12-21(16,17)6-1-5-20-11(15)9-2-3-10-13-22(18,19)7-4-14(10)8-9/h2-3,8H,1,4-7H2,(H2,12,16,17). The van der Waals surface area contributed by atoms with Crippen molar-refractivity contribution in [2.75, 3.05) is 24.7 Å². The van der Waals surface area contributed by atoms with Crippen molar-refractivity contribution < 1.29 is 26.4 Å². The highest BCUT2D eigenvalue weighted by molar-refractivity contribution is 7.90. The number of sulfonamides is 2. The summed E-state index contributed by atoms with van der Waals surface area (Å²) in [5.41, 5.74) is 0.230. The van der Waals surface area contributed by atoms with Crippen LogP contribution in [0.25, 0.3) is 0 Å². The first-order chi connectivity index (χ1) is 10.2. The first-order valence-electron chi connectivity index (χ1n) is 6.33. The van der Waals surface area contributed by atoms with Crippen molar-refractivity contribution in [3.8, 4) is 0 Å². The Hall–Kier alpha value is -1.72. The Kier molecular flexibility index (Phi) is 4.68. The van der Waals surface area contributed by atoms with Crippen LogP contribution in [0.2, 0.25) is 0 Å². The van der Waals surface area contributed by atoms with Gasteiger partial charge in [0.2, 0.25) is 10.0 Å². The highest BCUT2D eigenvalue weighted by Crippen LogP contribution is 2.16. The molecule has 2 N–H and O–H groups in total. The van der Waals surface area contributed by atoms with Gasteiger partial charge in [-0.3, -0.25) is 0 Å².